The van der Waals surface area contributed by atoms with Gasteiger partial charge in [-0.2, -0.15) is 0 Å². The summed E-state index contributed by atoms with van der Waals surface area (Å²) in [5.41, 5.74) is -0.496. The van der Waals surface area contributed by atoms with E-state index in [0.717, 1.165) is 4.90 Å². The standard InChI is InChI=1S/C17H21N3O4/c1-11(2)9-18-14(21)10-20-15(22)17(19-16(20)23)7-8-24-13-6-4-3-5-12(13)17/h3-6,11H,7-10H2,1-2H3,(H,18,21)(H,19,23)/t17-/m1/s1. The SMILES string of the molecule is CC(C)CNC(=O)CN1C(=O)N[C@@]2(CCOc3ccccc32)C1=O. The normalized spacial score (nSPS) is 22.4. The molecule has 3 rings (SSSR count). The first-order chi connectivity index (χ1) is 11.4. The molecular weight excluding hydrogens is 310 g/mol. The van der Waals surface area contributed by atoms with Crippen LogP contribution in [0.5, 0.6) is 5.75 Å². The fraction of sp³-hybridized carbons (Fsp3) is 0.471. The topological polar surface area (TPSA) is 87.7 Å². The van der Waals surface area contributed by atoms with Gasteiger partial charge in [0.2, 0.25) is 5.91 Å². The van der Waals surface area contributed by atoms with Gasteiger partial charge in [0.25, 0.3) is 5.91 Å². The third kappa shape index (κ3) is 2.70. The average molecular weight is 331 g/mol. The second-order valence-electron chi connectivity index (χ2n) is 6.52. The maximum Gasteiger partial charge on any atom is 0.325 e. The number of amides is 4. The number of imide groups is 1. The Bertz CT molecular complexity index is 688. The third-order valence-corrected chi connectivity index (χ3v) is 4.27. The van der Waals surface area contributed by atoms with E-state index in [1.165, 1.54) is 0 Å². The lowest BCUT2D eigenvalue weighted by Crippen LogP contribution is -2.48. The van der Waals surface area contributed by atoms with E-state index in [9.17, 15) is 14.4 Å². The Morgan fingerprint density at radius 2 is 2.12 bits per heavy atom. The van der Waals surface area contributed by atoms with E-state index in [1.54, 1.807) is 18.2 Å². The molecule has 0 saturated carbocycles. The van der Waals surface area contributed by atoms with Gasteiger partial charge in [-0.05, 0) is 12.0 Å². The molecule has 1 saturated heterocycles. The minimum absolute atomic E-state index is 0.276. The highest BCUT2D eigenvalue weighted by Gasteiger charge is 2.55. The molecule has 2 N–H and O–H groups in total. The van der Waals surface area contributed by atoms with Crippen LogP contribution in [0.25, 0.3) is 0 Å². The lowest BCUT2D eigenvalue weighted by Gasteiger charge is -2.33. The molecule has 1 aromatic carbocycles. The van der Waals surface area contributed by atoms with Gasteiger partial charge in [0.15, 0.2) is 5.54 Å². The predicted octanol–water partition coefficient (Wildman–Crippen LogP) is 0.988. The Balaban J connectivity index is 1.81. The molecular formula is C17H21N3O4. The summed E-state index contributed by atoms with van der Waals surface area (Å²) in [4.78, 5) is 38.2. The quantitative estimate of drug-likeness (QED) is 0.806. The summed E-state index contributed by atoms with van der Waals surface area (Å²) in [6.45, 7) is 4.51. The van der Waals surface area contributed by atoms with Crippen molar-refractivity contribution in [2.75, 3.05) is 19.7 Å². The molecule has 0 radical (unpaired) electrons. The molecule has 2 aliphatic rings. The molecule has 7 heteroatoms. The van der Waals surface area contributed by atoms with Gasteiger partial charge in [0, 0.05) is 18.5 Å². The molecule has 2 heterocycles. The Labute approximate surface area is 140 Å². The zero-order valence-corrected chi connectivity index (χ0v) is 13.8. The number of ether oxygens (including phenoxy) is 1. The van der Waals surface area contributed by atoms with Crippen molar-refractivity contribution < 1.29 is 19.1 Å². The first kappa shape index (κ1) is 16.3. The van der Waals surface area contributed by atoms with Gasteiger partial charge >= 0.3 is 6.03 Å². The molecule has 7 nitrogen and oxygen atoms in total. The monoisotopic (exact) mass is 331 g/mol. The van der Waals surface area contributed by atoms with Crippen LogP contribution in [0.1, 0.15) is 25.8 Å². The molecule has 0 aromatic heterocycles. The second-order valence-corrected chi connectivity index (χ2v) is 6.52. The molecule has 0 unspecified atom stereocenters. The third-order valence-electron chi connectivity index (χ3n) is 4.27. The molecule has 1 atom stereocenters. The molecule has 24 heavy (non-hydrogen) atoms. The van der Waals surface area contributed by atoms with E-state index in [4.69, 9.17) is 4.74 Å². The minimum Gasteiger partial charge on any atom is -0.493 e. The lowest BCUT2D eigenvalue weighted by atomic mass is 9.84. The highest BCUT2D eigenvalue weighted by Crippen LogP contribution is 2.40. The summed E-state index contributed by atoms with van der Waals surface area (Å²) in [5, 5.41) is 5.50. The van der Waals surface area contributed by atoms with Gasteiger partial charge in [-0.15, -0.1) is 0 Å². The van der Waals surface area contributed by atoms with Crippen LogP contribution in [0, 0.1) is 5.92 Å². The van der Waals surface area contributed by atoms with E-state index in [-0.39, 0.29) is 12.5 Å². The Morgan fingerprint density at radius 1 is 1.38 bits per heavy atom. The van der Waals surface area contributed by atoms with Crippen molar-refractivity contribution in [1.82, 2.24) is 15.5 Å². The maximum absolute atomic E-state index is 12.9. The van der Waals surface area contributed by atoms with Crippen LogP contribution in [0.2, 0.25) is 0 Å². The van der Waals surface area contributed by atoms with Crippen molar-refractivity contribution in [3.05, 3.63) is 29.8 Å². The van der Waals surface area contributed by atoms with Crippen LogP contribution < -0.4 is 15.4 Å². The number of hydrogen-bond acceptors (Lipinski definition) is 4. The van der Waals surface area contributed by atoms with E-state index >= 15 is 0 Å². The summed E-state index contributed by atoms with van der Waals surface area (Å²) in [6, 6.07) is 6.61. The molecule has 0 aliphatic carbocycles. The van der Waals surface area contributed by atoms with Crippen molar-refractivity contribution in [3.8, 4) is 5.75 Å². The molecule has 1 aromatic rings. The summed E-state index contributed by atoms with van der Waals surface area (Å²) >= 11 is 0. The number of carbonyl (C=O) groups is 3. The zero-order valence-electron chi connectivity index (χ0n) is 13.8. The lowest BCUT2D eigenvalue weighted by molar-refractivity contribution is -0.136. The van der Waals surface area contributed by atoms with Crippen molar-refractivity contribution in [2.24, 2.45) is 5.92 Å². The number of nitrogens with zero attached hydrogens (tertiary/aromatic N) is 1. The van der Waals surface area contributed by atoms with Crippen LogP contribution in [0.4, 0.5) is 4.79 Å². The van der Waals surface area contributed by atoms with Crippen LogP contribution in [0.3, 0.4) is 0 Å². The fourth-order valence-electron chi connectivity index (χ4n) is 3.03. The fourth-order valence-corrected chi connectivity index (χ4v) is 3.03. The average Bonchev–Trinajstić information content (AvgIpc) is 2.78. The number of hydrogen-bond donors (Lipinski definition) is 2. The van der Waals surface area contributed by atoms with Crippen LogP contribution in [0.15, 0.2) is 24.3 Å². The van der Waals surface area contributed by atoms with E-state index in [2.05, 4.69) is 10.6 Å². The number of para-hydroxylation sites is 1. The molecule has 0 bridgehead atoms. The molecule has 1 spiro atoms. The van der Waals surface area contributed by atoms with E-state index in [0.29, 0.717) is 36.8 Å². The van der Waals surface area contributed by atoms with Gasteiger partial charge in [0.05, 0.1) is 6.61 Å². The Kier molecular flexibility index (Phi) is 4.17. The van der Waals surface area contributed by atoms with Gasteiger partial charge in [0.1, 0.15) is 12.3 Å². The van der Waals surface area contributed by atoms with Crippen LogP contribution in [-0.4, -0.2) is 42.4 Å². The number of nitrogens with one attached hydrogen (secondary N) is 2. The first-order valence-electron chi connectivity index (χ1n) is 8.07. The van der Waals surface area contributed by atoms with Gasteiger partial charge in [-0.3, -0.25) is 14.5 Å². The second kappa shape index (κ2) is 6.14. The number of fused-ring (bicyclic) bond motifs is 2. The first-order valence-corrected chi connectivity index (χ1v) is 8.07. The highest BCUT2D eigenvalue weighted by atomic mass is 16.5. The summed E-state index contributed by atoms with van der Waals surface area (Å²) in [5.74, 6) is 0.141. The minimum atomic E-state index is -1.13. The number of carbonyl (C=O) groups excluding carboxylic acids is 3. The Hall–Kier alpha value is -2.57. The zero-order chi connectivity index (χ0) is 17.3. The van der Waals surface area contributed by atoms with Crippen molar-refractivity contribution in [1.29, 1.82) is 0 Å². The summed E-state index contributed by atoms with van der Waals surface area (Å²) in [6.07, 6.45) is 0.346. The largest absolute Gasteiger partial charge is 0.493 e. The van der Waals surface area contributed by atoms with Gasteiger partial charge in [-0.25, -0.2) is 4.79 Å². The van der Waals surface area contributed by atoms with Crippen LogP contribution >= 0.6 is 0 Å². The number of rotatable bonds is 4. The van der Waals surface area contributed by atoms with Gasteiger partial charge in [-0.1, -0.05) is 32.0 Å². The van der Waals surface area contributed by atoms with Crippen molar-refractivity contribution >= 4 is 17.8 Å². The molecule has 1 fully saturated rings. The summed E-state index contributed by atoms with van der Waals surface area (Å²) in [7, 11) is 0. The summed E-state index contributed by atoms with van der Waals surface area (Å²) < 4.78 is 5.57. The van der Waals surface area contributed by atoms with E-state index < -0.39 is 17.5 Å². The predicted molar refractivity (Wildman–Crippen MR) is 86.3 cm³/mol. The molecule has 4 amide bonds. The maximum atomic E-state index is 12.9. The highest BCUT2D eigenvalue weighted by molar-refractivity contribution is 6.09. The van der Waals surface area contributed by atoms with Crippen molar-refractivity contribution in [2.45, 2.75) is 25.8 Å². The van der Waals surface area contributed by atoms with E-state index in [1.807, 2.05) is 19.9 Å². The smallest absolute Gasteiger partial charge is 0.325 e. The molecule has 2 aliphatic heterocycles. The number of urea groups is 1. The van der Waals surface area contributed by atoms with Gasteiger partial charge < -0.3 is 15.4 Å². The van der Waals surface area contributed by atoms with Crippen molar-refractivity contribution in [3.63, 3.8) is 0 Å². The molecule has 128 valence electrons. The van der Waals surface area contributed by atoms with Crippen LogP contribution in [-0.2, 0) is 15.1 Å². The Morgan fingerprint density at radius 3 is 2.88 bits per heavy atom. The number of benzene rings is 1.